The van der Waals surface area contributed by atoms with Gasteiger partial charge < -0.3 is 10.1 Å². The monoisotopic (exact) mass is 452 g/mol. The van der Waals surface area contributed by atoms with Crippen LogP contribution in [0.3, 0.4) is 0 Å². The lowest BCUT2D eigenvalue weighted by molar-refractivity contribution is 0.102. The van der Waals surface area contributed by atoms with Gasteiger partial charge in [0.05, 0.1) is 5.69 Å². The van der Waals surface area contributed by atoms with E-state index >= 15 is 0 Å². The van der Waals surface area contributed by atoms with E-state index in [-0.39, 0.29) is 18.1 Å². The maximum atomic E-state index is 13.0. The first kappa shape index (κ1) is 21.6. The van der Waals surface area contributed by atoms with Crippen LogP contribution in [0.2, 0.25) is 0 Å². The number of fused-ring (bicyclic) bond motifs is 1. The van der Waals surface area contributed by atoms with E-state index in [0.29, 0.717) is 33.6 Å². The molecule has 1 amide bonds. The van der Waals surface area contributed by atoms with Crippen molar-refractivity contribution in [1.29, 1.82) is 0 Å². The van der Waals surface area contributed by atoms with Crippen molar-refractivity contribution in [2.75, 3.05) is 5.32 Å². The number of ether oxygens (including phenoxy) is 1. The largest absolute Gasteiger partial charge is 0.487 e. The minimum atomic E-state index is -0.405. The smallest absolute Gasteiger partial charge is 0.275 e. The lowest BCUT2D eigenvalue weighted by atomic mass is 10.1. The summed E-state index contributed by atoms with van der Waals surface area (Å²) in [6, 6.07) is 13.6. The predicted octanol–water partition coefficient (Wildman–Crippen LogP) is 4.32. The SMILES string of the molecule is CC(C)Cc1nn2c(=O)cc(COc3cccc(NC(=O)c4ccc(F)cc4)c3)nc2s1. The Morgan fingerprint density at radius 3 is 2.72 bits per heavy atom. The molecular formula is C23H21FN4O3S. The van der Waals surface area contributed by atoms with Gasteiger partial charge in [-0.2, -0.15) is 9.61 Å². The number of anilines is 1. The number of nitrogens with zero attached hydrogens (tertiary/aromatic N) is 3. The van der Waals surface area contributed by atoms with Crippen LogP contribution in [0.5, 0.6) is 5.75 Å². The number of benzene rings is 2. The number of hydrogen-bond donors (Lipinski definition) is 1. The maximum absolute atomic E-state index is 13.0. The van der Waals surface area contributed by atoms with Gasteiger partial charge in [-0.1, -0.05) is 31.3 Å². The van der Waals surface area contributed by atoms with Crippen LogP contribution in [0.1, 0.15) is 34.9 Å². The minimum absolute atomic E-state index is 0.0957. The molecule has 7 nitrogen and oxygen atoms in total. The maximum Gasteiger partial charge on any atom is 0.275 e. The molecule has 164 valence electrons. The standard InChI is InChI=1S/C23H21FN4O3S/c1-14(2)10-20-27-28-21(29)12-18(26-23(28)32-20)13-31-19-5-3-4-17(11-19)25-22(30)15-6-8-16(24)9-7-15/h3-9,11-12,14H,10,13H2,1-2H3,(H,25,30). The molecule has 0 aliphatic rings. The molecule has 0 unspecified atom stereocenters. The molecule has 4 rings (SSSR count). The van der Waals surface area contributed by atoms with Gasteiger partial charge >= 0.3 is 0 Å². The molecular weight excluding hydrogens is 431 g/mol. The van der Waals surface area contributed by atoms with E-state index in [0.717, 1.165) is 11.4 Å². The number of hydrogen-bond acceptors (Lipinski definition) is 6. The summed E-state index contributed by atoms with van der Waals surface area (Å²) in [7, 11) is 0. The van der Waals surface area contributed by atoms with Crippen molar-refractivity contribution in [3.63, 3.8) is 0 Å². The molecule has 2 aromatic heterocycles. The predicted molar refractivity (Wildman–Crippen MR) is 121 cm³/mol. The molecule has 32 heavy (non-hydrogen) atoms. The van der Waals surface area contributed by atoms with E-state index in [1.54, 1.807) is 24.3 Å². The Morgan fingerprint density at radius 2 is 1.97 bits per heavy atom. The van der Waals surface area contributed by atoms with Crippen molar-refractivity contribution in [2.45, 2.75) is 26.9 Å². The van der Waals surface area contributed by atoms with Crippen molar-refractivity contribution in [1.82, 2.24) is 14.6 Å². The zero-order valence-electron chi connectivity index (χ0n) is 17.5. The highest BCUT2D eigenvalue weighted by Crippen LogP contribution is 2.20. The van der Waals surface area contributed by atoms with Crippen LogP contribution in [0.15, 0.2) is 59.4 Å². The molecule has 0 saturated heterocycles. The lowest BCUT2D eigenvalue weighted by Crippen LogP contribution is -2.16. The topological polar surface area (TPSA) is 85.6 Å². The highest BCUT2D eigenvalue weighted by Gasteiger charge is 2.11. The van der Waals surface area contributed by atoms with E-state index in [2.05, 4.69) is 29.2 Å². The number of carbonyl (C=O) groups excluding carboxylic acids is 1. The van der Waals surface area contributed by atoms with Crippen LogP contribution in [0.4, 0.5) is 10.1 Å². The molecule has 2 aromatic carbocycles. The van der Waals surface area contributed by atoms with E-state index < -0.39 is 5.82 Å². The van der Waals surface area contributed by atoms with E-state index in [1.165, 1.54) is 46.2 Å². The van der Waals surface area contributed by atoms with Crippen LogP contribution in [0, 0.1) is 11.7 Å². The Balaban J connectivity index is 1.44. The zero-order valence-corrected chi connectivity index (χ0v) is 18.4. The number of amides is 1. The second kappa shape index (κ2) is 9.27. The fourth-order valence-corrected chi connectivity index (χ4v) is 4.16. The molecule has 0 fully saturated rings. The van der Waals surface area contributed by atoms with E-state index in [1.807, 2.05) is 0 Å². The van der Waals surface area contributed by atoms with Gasteiger partial charge in [0.1, 0.15) is 23.2 Å². The molecule has 9 heteroatoms. The highest BCUT2D eigenvalue weighted by molar-refractivity contribution is 7.16. The summed E-state index contributed by atoms with van der Waals surface area (Å²) < 4.78 is 20.1. The van der Waals surface area contributed by atoms with Crippen molar-refractivity contribution in [3.05, 3.63) is 87.0 Å². The summed E-state index contributed by atoms with van der Waals surface area (Å²) in [5, 5.41) is 7.96. The normalized spacial score (nSPS) is 11.1. The third-order valence-electron chi connectivity index (χ3n) is 4.51. The number of aromatic nitrogens is 3. The van der Waals surface area contributed by atoms with Gasteiger partial charge in [-0.25, -0.2) is 9.37 Å². The Labute approximate surface area is 187 Å². The van der Waals surface area contributed by atoms with Crippen molar-refractivity contribution >= 4 is 27.9 Å². The van der Waals surface area contributed by atoms with Crippen LogP contribution >= 0.6 is 11.3 Å². The molecule has 0 aliphatic heterocycles. The Morgan fingerprint density at radius 1 is 1.19 bits per heavy atom. The third kappa shape index (κ3) is 5.17. The second-order valence-electron chi connectivity index (χ2n) is 7.65. The molecule has 0 spiro atoms. The number of nitrogens with one attached hydrogen (secondary N) is 1. The van der Waals surface area contributed by atoms with Crippen molar-refractivity contribution in [3.8, 4) is 5.75 Å². The van der Waals surface area contributed by atoms with Gasteiger partial charge in [0.2, 0.25) is 4.96 Å². The van der Waals surface area contributed by atoms with Crippen LogP contribution in [-0.2, 0) is 13.0 Å². The fourth-order valence-electron chi connectivity index (χ4n) is 3.03. The fraction of sp³-hybridized carbons (Fsp3) is 0.217. The summed E-state index contributed by atoms with van der Waals surface area (Å²) in [5.41, 5.74) is 1.12. The number of rotatable bonds is 7. The molecule has 2 heterocycles. The number of halogens is 1. The summed E-state index contributed by atoms with van der Waals surface area (Å²) in [6.45, 7) is 4.29. The van der Waals surface area contributed by atoms with Crippen molar-refractivity contribution < 1.29 is 13.9 Å². The van der Waals surface area contributed by atoms with Crippen LogP contribution in [0.25, 0.3) is 4.96 Å². The van der Waals surface area contributed by atoms with Gasteiger partial charge in [-0.05, 0) is 42.3 Å². The van der Waals surface area contributed by atoms with E-state index in [9.17, 15) is 14.0 Å². The van der Waals surface area contributed by atoms with Crippen molar-refractivity contribution in [2.24, 2.45) is 5.92 Å². The summed E-state index contributed by atoms with van der Waals surface area (Å²) in [5.74, 6) is 0.182. The first-order valence-corrected chi connectivity index (χ1v) is 10.9. The Hall–Kier alpha value is -3.59. The molecule has 0 bridgehead atoms. The average molecular weight is 453 g/mol. The first-order chi connectivity index (χ1) is 15.4. The second-order valence-corrected chi connectivity index (χ2v) is 8.69. The first-order valence-electron chi connectivity index (χ1n) is 10.1. The van der Waals surface area contributed by atoms with Gasteiger partial charge in [0.15, 0.2) is 0 Å². The van der Waals surface area contributed by atoms with Gasteiger partial charge in [0.25, 0.3) is 11.5 Å². The summed E-state index contributed by atoms with van der Waals surface area (Å²) >= 11 is 1.40. The third-order valence-corrected chi connectivity index (χ3v) is 5.44. The minimum Gasteiger partial charge on any atom is -0.487 e. The molecule has 0 aliphatic carbocycles. The summed E-state index contributed by atoms with van der Waals surface area (Å²) in [6.07, 6.45) is 0.787. The zero-order chi connectivity index (χ0) is 22.7. The number of carbonyl (C=O) groups is 1. The van der Waals surface area contributed by atoms with E-state index in [4.69, 9.17) is 4.74 Å². The van der Waals surface area contributed by atoms with Gasteiger partial charge in [0, 0.05) is 29.8 Å². The summed E-state index contributed by atoms with van der Waals surface area (Å²) in [4.78, 5) is 29.7. The molecule has 1 N–H and O–H groups in total. The molecule has 0 radical (unpaired) electrons. The molecule has 0 saturated carbocycles. The van der Waals surface area contributed by atoms with Crippen LogP contribution < -0.4 is 15.6 Å². The quantitative estimate of drug-likeness (QED) is 0.451. The van der Waals surface area contributed by atoms with Gasteiger partial charge in [-0.3, -0.25) is 9.59 Å². The highest BCUT2D eigenvalue weighted by atomic mass is 32.1. The average Bonchev–Trinajstić information content (AvgIpc) is 3.15. The van der Waals surface area contributed by atoms with Gasteiger partial charge in [-0.15, -0.1) is 0 Å². The lowest BCUT2D eigenvalue weighted by Gasteiger charge is -2.09. The Kier molecular flexibility index (Phi) is 6.27. The molecule has 4 aromatic rings. The van der Waals surface area contributed by atoms with Crippen LogP contribution in [-0.4, -0.2) is 20.5 Å². The molecule has 0 atom stereocenters. The Bertz CT molecular complexity index is 1320.